The molecule has 0 saturated carbocycles. The van der Waals surface area contributed by atoms with Gasteiger partial charge in [0.25, 0.3) is 0 Å². The molecule has 0 aliphatic carbocycles. The first-order valence-electron chi connectivity index (χ1n) is 9.09. The summed E-state index contributed by atoms with van der Waals surface area (Å²) in [5.41, 5.74) is 4.07. The van der Waals surface area contributed by atoms with Crippen LogP contribution in [0.3, 0.4) is 0 Å². The second-order valence-corrected chi connectivity index (χ2v) is 6.22. The molecule has 0 atom stereocenters. The lowest BCUT2D eigenvalue weighted by Crippen LogP contribution is -2.03. The van der Waals surface area contributed by atoms with Crippen molar-refractivity contribution < 1.29 is 9.90 Å². The molecule has 0 fully saturated rings. The van der Waals surface area contributed by atoms with E-state index >= 15 is 0 Å². The Morgan fingerprint density at radius 1 is 1.00 bits per heavy atom. The number of carbonyl (C=O) groups is 1. The molecular weight excluding hydrogens is 284 g/mol. The Kier molecular flexibility index (Phi) is 13.7. The summed E-state index contributed by atoms with van der Waals surface area (Å²) in [5, 5.41) is 9.78. The van der Waals surface area contributed by atoms with Gasteiger partial charge in [-0.15, -0.1) is 0 Å². The smallest absolute Gasteiger partial charge is 0.129 e. The molecule has 0 radical (unpaired) electrons. The average Bonchev–Trinajstić information content (AvgIpc) is 2.50. The predicted octanol–water partition coefficient (Wildman–Crippen LogP) is 6.60. The highest BCUT2D eigenvalue weighted by Gasteiger charge is 2.14. The van der Waals surface area contributed by atoms with E-state index in [9.17, 15) is 9.90 Å². The maximum Gasteiger partial charge on any atom is 0.129 e. The molecule has 1 aromatic carbocycles. The van der Waals surface area contributed by atoms with Crippen molar-refractivity contribution in [2.24, 2.45) is 0 Å². The zero-order valence-electron chi connectivity index (χ0n) is 16.8. The summed E-state index contributed by atoms with van der Waals surface area (Å²) >= 11 is 0. The van der Waals surface area contributed by atoms with E-state index in [0.29, 0.717) is 24.0 Å². The molecule has 0 amide bonds. The molecule has 2 nitrogen and oxygen atoms in total. The number of carbonyl (C=O) groups excluding carboxylic acids is 1. The van der Waals surface area contributed by atoms with Crippen molar-refractivity contribution in [2.45, 2.75) is 93.4 Å². The molecule has 0 aliphatic heterocycles. The number of phenols is 1. The van der Waals surface area contributed by atoms with Crippen LogP contribution in [-0.2, 0) is 11.2 Å². The Morgan fingerprint density at radius 3 is 1.57 bits per heavy atom. The van der Waals surface area contributed by atoms with Crippen molar-refractivity contribution in [1.29, 1.82) is 0 Å². The van der Waals surface area contributed by atoms with Crippen LogP contribution in [0.4, 0.5) is 0 Å². The van der Waals surface area contributed by atoms with Crippen LogP contribution < -0.4 is 0 Å². The molecule has 23 heavy (non-hydrogen) atoms. The van der Waals surface area contributed by atoms with Crippen LogP contribution in [0.1, 0.15) is 104 Å². The van der Waals surface area contributed by atoms with Crippen molar-refractivity contribution in [2.75, 3.05) is 0 Å². The molecule has 2 heteroatoms. The molecule has 0 spiro atoms. The maximum atomic E-state index is 9.81. The lowest BCUT2D eigenvalue weighted by atomic mass is 9.86. The standard InChI is InChI=1S/C15H24O.C4H8O.C2H6/c1-6-7-13-14(10(2)3)8-12(16)9-15(13)11(4)5;1-3-4(2)5;1-2/h8-11,16H,6-7H2,1-5H3;3H2,1-2H3;1-2H3. The lowest BCUT2D eigenvalue weighted by Gasteiger charge is -2.20. The molecule has 1 aromatic rings. The van der Waals surface area contributed by atoms with Crippen molar-refractivity contribution in [1.82, 2.24) is 0 Å². The molecule has 134 valence electrons. The summed E-state index contributed by atoms with van der Waals surface area (Å²) in [7, 11) is 0. The minimum atomic E-state index is 0.255. The van der Waals surface area contributed by atoms with E-state index in [1.807, 2.05) is 32.9 Å². The number of rotatable bonds is 5. The summed E-state index contributed by atoms with van der Waals surface area (Å²) in [6.07, 6.45) is 2.94. The Bertz CT molecular complexity index is 416. The third-order valence-corrected chi connectivity index (χ3v) is 3.55. The highest BCUT2D eigenvalue weighted by molar-refractivity contribution is 5.74. The van der Waals surface area contributed by atoms with Crippen molar-refractivity contribution in [3.63, 3.8) is 0 Å². The SMILES string of the molecule is CC.CCC(C)=O.CCCc1c(C(C)C)cc(O)cc1C(C)C. The quantitative estimate of drug-likeness (QED) is 0.662. The molecular formula is C21H38O2. The van der Waals surface area contributed by atoms with E-state index in [2.05, 4.69) is 34.6 Å². The maximum absolute atomic E-state index is 9.81. The summed E-state index contributed by atoms with van der Waals surface area (Å²) in [6, 6.07) is 3.86. The monoisotopic (exact) mass is 322 g/mol. The molecule has 0 aromatic heterocycles. The number of ketones is 1. The van der Waals surface area contributed by atoms with Gasteiger partial charge in [0.1, 0.15) is 11.5 Å². The summed E-state index contributed by atoms with van der Waals surface area (Å²) in [5.74, 6) is 1.62. The van der Waals surface area contributed by atoms with Gasteiger partial charge < -0.3 is 9.90 Å². The second kappa shape index (κ2) is 13.2. The van der Waals surface area contributed by atoms with E-state index < -0.39 is 0 Å². The summed E-state index contributed by atoms with van der Waals surface area (Å²) in [6.45, 7) is 18.4. The average molecular weight is 323 g/mol. The molecule has 0 heterocycles. The van der Waals surface area contributed by atoms with E-state index in [4.69, 9.17) is 0 Å². The van der Waals surface area contributed by atoms with Crippen LogP contribution >= 0.6 is 0 Å². The number of aromatic hydroxyl groups is 1. The molecule has 0 unspecified atom stereocenters. The molecule has 1 rings (SSSR count). The third-order valence-electron chi connectivity index (χ3n) is 3.55. The molecule has 0 bridgehead atoms. The van der Waals surface area contributed by atoms with Crippen LogP contribution in [0.15, 0.2) is 12.1 Å². The first-order valence-corrected chi connectivity index (χ1v) is 9.09. The van der Waals surface area contributed by atoms with Gasteiger partial charge in [0.15, 0.2) is 0 Å². The number of Topliss-reactive ketones (excluding diaryl/α,β-unsaturated/α-hetero) is 1. The van der Waals surface area contributed by atoms with Gasteiger partial charge in [-0.1, -0.05) is 61.8 Å². The minimum absolute atomic E-state index is 0.255. The highest BCUT2D eigenvalue weighted by atomic mass is 16.3. The minimum Gasteiger partial charge on any atom is -0.508 e. The van der Waals surface area contributed by atoms with E-state index in [-0.39, 0.29) is 5.78 Å². The van der Waals surface area contributed by atoms with Crippen LogP contribution in [0, 0.1) is 0 Å². The van der Waals surface area contributed by atoms with E-state index in [1.165, 1.54) is 16.7 Å². The first-order chi connectivity index (χ1) is 10.7. The van der Waals surface area contributed by atoms with Gasteiger partial charge in [-0.05, 0) is 54.0 Å². The van der Waals surface area contributed by atoms with Gasteiger partial charge in [0, 0.05) is 6.42 Å². The van der Waals surface area contributed by atoms with Gasteiger partial charge in [0.2, 0.25) is 0 Å². The van der Waals surface area contributed by atoms with Gasteiger partial charge in [-0.25, -0.2) is 0 Å². The Labute approximate surface area is 144 Å². The van der Waals surface area contributed by atoms with E-state index in [1.54, 1.807) is 6.92 Å². The summed E-state index contributed by atoms with van der Waals surface area (Å²) < 4.78 is 0. The van der Waals surface area contributed by atoms with Crippen LogP contribution in [0.5, 0.6) is 5.75 Å². The lowest BCUT2D eigenvalue weighted by molar-refractivity contribution is -0.116. The van der Waals surface area contributed by atoms with Crippen molar-refractivity contribution >= 4 is 5.78 Å². The first kappa shape index (κ1) is 23.9. The fraction of sp³-hybridized carbons (Fsp3) is 0.667. The second-order valence-electron chi connectivity index (χ2n) is 6.22. The Morgan fingerprint density at radius 2 is 1.35 bits per heavy atom. The van der Waals surface area contributed by atoms with Crippen molar-refractivity contribution in [3.8, 4) is 5.75 Å². The topological polar surface area (TPSA) is 37.3 Å². The van der Waals surface area contributed by atoms with Crippen LogP contribution in [0.2, 0.25) is 0 Å². The Hall–Kier alpha value is -1.31. The summed E-state index contributed by atoms with van der Waals surface area (Å²) in [4.78, 5) is 9.81. The number of hydrogen-bond donors (Lipinski definition) is 1. The van der Waals surface area contributed by atoms with Gasteiger partial charge in [0.05, 0.1) is 0 Å². The third kappa shape index (κ3) is 9.43. The fourth-order valence-corrected chi connectivity index (χ4v) is 2.27. The van der Waals surface area contributed by atoms with Crippen LogP contribution in [-0.4, -0.2) is 10.9 Å². The fourth-order valence-electron chi connectivity index (χ4n) is 2.27. The normalized spacial score (nSPS) is 9.87. The van der Waals surface area contributed by atoms with Crippen molar-refractivity contribution in [3.05, 3.63) is 28.8 Å². The Balaban J connectivity index is 0. The van der Waals surface area contributed by atoms with Gasteiger partial charge >= 0.3 is 0 Å². The zero-order chi connectivity index (χ0) is 18.6. The van der Waals surface area contributed by atoms with Crippen LogP contribution in [0.25, 0.3) is 0 Å². The number of benzene rings is 1. The molecule has 0 saturated heterocycles. The zero-order valence-corrected chi connectivity index (χ0v) is 16.8. The van der Waals surface area contributed by atoms with E-state index in [0.717, 1.165) is 12.8 Å². The number of phenolic OH excluding ortho intramolecular Hbond substituents is 1. The van der Waals surface area contributed by atoms with Gasteiger partial charge in [-0.3, -0.25) is 0 Å². The highest BCUT2D eigenvalue weighted by Crippen LogP contribution is 2.32. The predicted molar refractivity (Wildman–Crippen MR) is 103 cm³/mol. The number of hydrogen-bond acceptors (Lipinski definition) is 2. The largest absolute Gasteiger partial charge is 0.508 e. The molecule has 1 N–H and O–H groups in total. The van der Waals surface area contributed by atoms with Gasteiger partial charge in [-0.2, -0.15) is 0 Å². The molecule has 0 aliphatic rings.